The molecule has 0 aromatic heterocycles. The normalized spacial score (nSPS) is 15.9. The summed E-state index contributed by atoms with van der Waals surface area (Å²) in [5, 5.41) is 3.55. The molecule has 0 saturated heterocycles. The van der Waals surface area contributed by atoms with Crippen molar-refractivity contribution in [2.24, 2.45) is 0 Å². The van der Waals surface area contributed by atoms with Gasteiger partial charge in [-0.25, -0.2) is 0 Å². The molecule has 0 unspecified atom stereocenters. The number of ether oxygens (including phenoxy) is 1. The van der Waals surface area contributed by atoms with E-state index in [1.165, 1.54) is 24.8 Å². The SMILES string of the molecule is COc1cc(Br)cc(C)c1NC1CCC1. The first kappa shape index (κ1) is 10.8. The molecule has 3 heteroatoms. The summed E-state index contributed by atoms with van der Waals surface area (Å²) in [6.45, 7) is 2.11. The zero-order chi connectivity index (χ0) is 10.8. The Morgan fingerprint density at radius 3 is 2.67 bits per heavy atom. The maximum atomic E-state index is 5.38. The van der Waals surface area contributed by atoms with Gasteiger partial charge in [0.15, 0.2) is 0 Å². The number of methoxy groups -OCH3 is 1. The van der Waals surface area contributed by atoms with E-state index in [2.05, 4.69) is 34.2 Å². The summed E-state index contributed by atoms with van der Waals surface area (Å²) in [4.78, 5) is 0. The molecule has 0 atom stereocenters. The van der Waals surface area contributed by atoms with Crippen LogP contribution in [-0.2, 0) is 0 Å². The fraction of sp³-hybridized carbons (Fsp3) is 0.500. The standard InChI is InChI=1S/C12H16BrNO/c1-8-6-9(13)7-11(15-2)12(8)14-10-4-3-5-10/h6-7,10,14H,3-5H2,1-2H3. The van der Waals surface area contributed by atoms with Crippen LogP contribution in [0.3, 0.4) is 0 Å². The molecule has 1 saturated carbocycles. The minimum absolute atomic E-state index is 0.638. The van der Waals surface area contributed by atoms with Crippen molar-refractivity contribution < 1.29 is 4.74 Å². The Bertz CT molecular complexity index is 361. The van der Waals surface area contributed by atoms with Gasteiger partial charge in [0.2, 0.25) is 0 Å². The average molecular weight is 270 g/mol. The molecule has 15 heavy (non-hydrogen) atoms. The van der Waals surface area contributed by atoms with E-state index in [1.807, 2.05) is 6.07 Å². The lowest BCUT2D eigenvalue weighted by Crippen LogP contribution is -2.27. The Kier molecular flexibility index (Phi) is 3.19. The molecular weight excluding hydrogens is 254 g/mol. The maximum absolute atomic E-state index is 5.38. The Morgan fingerprint density at radius 1 is 1.40 bits per heavy atom. The van der Waals surface area contributed by atoms with Gasteiger partial charge in [0.1, 0.15) is 5.75 Å². The molecule has 0 spiro atoms. The van der Waals surface area contributed by atoms with Crippen molar-refractivity contribution in [3.8, 4) is 5.75 Å². The van der Waals surface area contributed by atoms with Crippen molar-refractivity contribution in [1.29, 1.82) is 0 Å². The molecule has 2 nitrogen and oxygen atoms in total. The van der Waals surface area contributed by atoms with Crippen LogP contribution in [0, 0.1) is 6.92 Å². The van der Waals surface area contributed by atoms with Crippen LogP contribution in [0.15, 0.2) is 16.6 Å². The van der Waals surface area contributed by atoms with Crippen LogP contribution in [0.5, 0.6) is 5.75 Å². The number of nitrogens with one attached hydrogen (secondary N) is 1. The number of halogens is 1. The summed E-state index contributed by atoms with van der Waals surface area (Å²) in [6.07, 6.45) is 3.90. The predicted octanol–water partition coefficient (Wildman–Crippen LogP) is 3.73. The highest BCUT2D eigenvalue weighted by atomic mass is 79.9. The molecular formula is C12H16BrNO. The molecule has 2 rings (SSSR count). The van der Waals surface area contributed by atoms with E-state index in [4.69, 9.17) is 4.74 Å². The van der Waals surface area contributed by atoms with Crippen LogP contribution in [0.4, 0.5) is 5.69 Å². The molecule has 1 aromatic rings. The summed E-state index contributed by atoms with van der Waals surface area (Å²) in [6, 6.07) is 4.76. The third-order valence-corrected chi connectivity index (χ3v) is 3.40. The number of aryl methyl sites for hydroxylation is 1. The van der Waals surface area contributed by atoms with Crippen LogP contribution in [-0.4, -0.2) is 13.2 Å². The van der Waals surface area contributed by atoms with Gasteiger partial charge in [0.05, 0.1) is 12.8 Å². The van der Waals surface area contributed by atoms with Crippen molar-refractivity contribution in [3.63, 3.8) is 0 Å². The highest BCUT2D eigenvalue weighted by Gasteiger charge is 2.19. The molecule has 1 aliphatic rings. The molecule has 1 aliphatic carbocycles. The van der Waals surface area contributed by atoms with Crippen molar-refractivity contribution in [3.05, 3.63) is 22.2 Å². The van der Waals surface area contributed by atoms with Crippen molar-refractivity contribution in [2.75, 3.05) is 12.4 Å². The number of rotatable bonds is 3. The first-order valence-electron chi connectivity index (χ1n) is 5.31. The number of hydrogen-bond acceptors (Lipinski definition) is 2. The zero-order valence-electron chi connectivity index (χ0n) is 9.14. The zero-order valence-corrected chi connectivity index (χ0v) is 10.7. The van der Waals surface area contributed by atoms with Crippen LogP contribution < -0.4 is 10.1 Å². The predicted molar refractivity (Wildman–Crippen MR) is 66.7 cm³/mol. The second-order valence-corrected chi connectivity index (χ2v) is 4.99. The van der Waals surface area contributed by atoms with Crippen LogP contribution in [0.2, 0.25) is 0 Å². The monoisotopic (exact) mass is 269 g/mol. The van der Waals surface area contributed by atoms with E-state index in [0.29, 0.717) is 6.04 Å². The van der Waals surface area contributed by atoms with Gasteiger partial charge in [-0.3, -0.25) is 0 Å². The van der Waals surface area contributed by atoms with Crippen LogP contribution in [0.25, 0.3) is 0 Å². The second kappa shape index (κ2) is 4.44. The lowest BCUT2D eigenvalue weighted by molar-refractivity contribution is 0.409. The highest BCUT2D eigenvalue weighted by Crippen LogP contribution is 2.34. The first-order valence-corrected chi connectivity index (χ1v) is 6.10. The third kappa shape index (κ3) is 2.28. The van der Waals surface area contributed by atoms with Crippen molar-refractivity contribution >= 4 is 21.6 Å². The van der Waals surface area contributed by atoms with Gasteiger partial charge in [-0.05, 0) is 43.9 Å². The maximum Gasteiger partial charge on any atom is 0.143 e. The van der Waals surface area contributed by atoms with Gasteiger partial charge >= 0.3 is 0 Å². The smallest absolute Gasteiger partial charge is 0.143 e. The van der Waals surface area contributed by atoms with Crippen molar-refractivity contribution in [2.45, 2.75) is 32.2 Å². The van der Waals surface area contributed by atoms with E-state index < -0.39 is 0 Å². The van der Waals surface area contributed by atoms with Crippen LogP contribution in [0.1, 0.15) is 24.8 Å². The minimum atomic E-state index is 0.638. The van der Waals surface area contributed by atoms with Gasteiger partial charge < -0.3 is 10.1 Å². The summed E-state index contributed by atoms with van der Waals surface area (Å²) in [7, 11) is 1.72. The van der Waals surface area contributed by atoms with E-state index in [-0.39, 0.29) is 0 Å². The molecule has 0 radical (unpaired) electrons. The van der Waals surface area contributed by atoms with Crippen molar-refractivity contribution in [1.82, 2.24) is 0 Å². The lowest BCUT2D eigenvalue weighted by Gasteiger charge is -2.29. The quantitative estimate of drug-likeness (QED) is 0.903. The first-order chi connectivity index (χ1) is 7.20. The van der Waals surface area contributed by atoms with E-state index in [9.17, 15) is 0 Å². The average Bonchev–Trinajstić information content (AvgIpc) is 2.12. The van der Waals surface area contributed by atoms with Crippen LogP contribution >= 0.6 is 15.9 Å². The topological polar surface area (TPSA) is 21.3 Å². The number of anilines is 1. The molecule has 1 aromatic carbocycles. The number of hydrogen-bond donors (Lipinski definition) is 1. The lowest BCUT2D eigenvalue weighted by atomic mass is 9.92. The van der Waals surface area contributed by atoms with Gasteiger partial charge in [0.25, 0.3) is 0 Å². The third-order valence-electron chi connectivity index (χ3n) is 2.94. The fourth-order valence-corrected chi connectivity index (χ4v) is 2.37. The highest BCUT2D eigenvalue weighted by molar-refractivity contribution is 9.10. The molecule has 1 fully saturated rings. The van der Waals surface area contributed by atoms with E-state index in [1.54, 1.807) is 7.11 Å². The van der Waals surface area contributed by atoms with Gasteiger partial charge in [-0.2, -0.15) is 0 Å². The number of benzene rings is 1. The molecule has 0 heterocycles. The summed E-state index contributed by atoms with van der Waals surface area (Å²) in [5.41, 5.74) is 2.37. The Balaban J connectivity index is 2.26. The van der Waals surface area contributed by atoms with Gasteiger partial charge in [-0.15, -0.1) is 0 Å². The summed E-state index contributed by atoms with van der Waals surface area (Å²) in [5.74, 6) is 0.925. The summed E-state index contributed by atoms with van der Waals surface area (Å²) >= 11 is 3.48. The molecule has 0 bridgehead atoms. The van der Waals surface area contributed by atoms with E-state index in [0.717, 1.165) is 15.9 Å². The minimum Gasteiger partial charge on any atom is -0.495 e. The summed E-state index contributed by atoms with van der Waals surface area (Å²) < 4.78 is 6.45. The van der Waals surface area contributed by atoms with Gasteiger partial charge in [-0.1, -0.05) is 15.9 Å². The molecule has 1 N–H and O–H groups in total. The van der Waals surface area contributed by atoms with Gasteiger partial charge in [0, 0.05) is 10.5 Å². The fourth-order valence-electron chi connectivity index (χ4n) is 1.82. The van der Waals surface area contributed by atoms with E-state index >= 15 is 0 Å². The molecule has 0 amide bonds. The molecule has 0 aliphatic heterocycles. The molecule has 82 valence electrons. The Labute approximate surface area is 99.1 Å². The Morgan fingerprint density at radius 2 is 2.13 bits per heavy atom. The largest absolute Gasteiger partial charge is 0.495 e. The Hall–Kier alpha value is -0.700. The second-order valence-electron chi connectivity index (χ2n) is 4.07.